The number of likely N-dealkylation sites (tertiary alicyclic amines) is 1. The van der Waals surface area contributed by atoms with Gasteiger partial charge in [0.1, 0.15) is 18.2 Å². The minimum Gasteiger partial charge on any atom is -0.490 e. The Morgan fingerprint density at radius 2 is 1.92 bits per heavy atom. The Hall–Kier alpha value is -3.12. The molecule has 2 aromatic carbocycles. The molecular formula is C32H42FN3O2. The number of allylic oxidation sites excluding steroid dienone is 1. The van der Waals surface area contributed by atoms with Crippen LogP contribution < -0.4 is 15.4 Å². The molecule has 1 saturated heterocycles. The maximum absolute atomic E-state index is 13.5. The third-order valence-electron chi connectivity index (χ3n) is 7.76. The van der Waals surface area contributed by atoms with Gasteiger partial charge in [0, 0.05) is 30.4 Å². The molecule has 0 aromatic heterocycles. The Bertz CT molecular complexity index is 1220. The van der Waals surface area contributed by atoms with Gasteiger partial charge >= 0.3 is 0 Å². The number of carbonyl (C=O) groups excluding carboxylic acids is 1. The Morgan fingerprint density at radius 1 is 1.16 bits per heavy atom. The molecule has 2 heterocycles. The van der Waals surface area contributed by atoms with E-state index in [-0.39, 0.29) is 17.8 Å². The maximum Gasteiger partial charge on any atom is 0.254 e. The van der Waals surface area contributed by atoms with Crippen molar-refractivity contribution in [2.75, 3.05) is 31.1 Å². The van der Waals surface area contributed by atoms with Crippen molar-refractivity contribution in [2.24, 2.45) is 11.7 Å². The fourth-order valence-electron chi connectivity index (χ4n) is 5.19. The summed E-state index contributed by atoms with van der Waals surface area (Å²) >= 11 is 0. The number of nitrogens with two attached hydrogens (primary N) is 1. The van der Waals surface area contributed by atoms with Crippen molar-refractivity contribution in [1.82, 2.24) is 4.90 Å². The lowest BCUT2D eigenvalue weighted by Crippen LogP contribution is -2.45. The number of hydrogen-bond acceptors (Lipinski definition) is 4. The van der Waals surface area contributed by atoms with Gasteiger partial charge in [0.25, 0.3) is 5.91 Å². The molecule has 2 fully saturated rings. The van der Waals surface area contributed by atoms with Crippen LogP contribution in [0.5, 0.6) is 5.75 Å². The maximum atomic E-state index is 13.5. The predicted octanol–water partition coefficient (Wildman–Crippen LogP) is 6.63. The second-order valence-electron chi connectivity index (χ2n) is 10.9. The number of rotatable bonds is 5. The Kier molecular flexibility index (Phi) is 8.93. The van der Waals surface area contributed by atoms with Crippen LogP contribution in [0.15, 0.2) is 48.2 Å². The third-order valence-corrected chi connectivity index (χ3v) is 7.76. The van der Waals surface area contributed by atoms with E-state index in [1.54, 1.807) is 6.07 Å². The van der Waals surface area contributed by atoms with Crippen LogP contribution in [0.1, 0.15) is 73.0 Å². The van der Waals surface area contributed by atoms with E-state index in [1.165, 1.54) is 31.4 Å². The molecule has 2 N–H and O–H groups in total. The zero-order chi connectivity index (χ0) is 27.4. The number of piperidine rings is 1. The molecule has 1 saturated carbocycles. The molecule has 2 aromatic rings. The number of ether oxygens (including phenoxy) is 1. The summed E-state index contributed by atoms with van der Waals surface area (Å²) in [4.78, 5) is 17.1. The van der Waals surface area contributed by atoms with Gasteiger partial charge in [0.2, 0.25) is 0 Å². The van der Waals surface area contributed by atoms with Crippen LogP contribution in [0.4, 0.5) is 10.1 Å². The van der Waals surface area contributed by atoms with E-state index < -0.39 is 0 Å². The van der Waals surface area contributed by atoms with Crippen LogP contribution >= 0.6 is 0 Å². The van der Waals surface area contributed by atoms with Crippen molar-refractivity contribution >= 4 is 17.7 Å². The number of fused-ring (bicyclic) bond motifs is 1. The number of amides is 1. The van der Waals surface area contributed by atoms with Crippen LogP contribution in [0, 0.1) is 25.6 Å². The van der Waals surface area contributed by atoms with E-state index in [0.29, 0.717) is 31.0 Å². The smallest absolute Gasteiger partial charge is 0.254 e. The molecule has 1 aliphatic carbocycles. The van der Waals surface area contributed by atoms with E-state index in [2.05, 4.69) is 18.4 Å². The second kappa shape index (κ2) is 12.2. The third kappa shape index (κ3) is 6.65. The van der Waals surface area contributed by atoms with Gasteiger partial charge in [-0.1, -0.05) is 38.8 Å². The lowest BCUT2D eigenvalue weighted by molar-refractivity contribution is 0.0708. The molecule has 5 rings (SSSR count). The predicted molar refractivity (Wildman–Crippen MR) is 154 cm³/mol. The van der Waals surface area contributed by atoms with Crippen molar-refractivity contribution in [3.05, 3.63) is 76.3 Å². The van der Waals surface area contributed by atoms with Gasteiger partial charge in [-0.3, -0.25) is 4.79 Å². The summed E-state index contributed by atoms with van der Waals surface area (Å²) in [7, 11) is 0. The fourth-order valence-corrected chi connectivity index (χ4v) is 5.19. The Morgan fingerprint density at radius 3 is 2.55 bits per heavy atom. The van der Waals surface area contributed by atoms with Gasteiger partial charge in [0.05, 0.1) is 12.2 Å². The summed E-state index contributed by atoms with van der Waals surface area (Å²) in [5, 5.41) is 0. The molecule has 2 aliphatic heterocycles. The summed E-state index contributed by atoms with van der Waals surface area (Å²) in [6.45, 7) is 15.0. The highest BCUT2D eigenvalue weighted by Crippen LogP contribution is 2.39. The number of aryl methyl sites for hydroxylation is 2. The van der Waals surface area contributed by atoms with Gasteiger partial charge in [-0.2, -0.15) is 0 Å². The van der Waals surface area contributed by atoms with E-state index in [0.717, 1.165) is 59.0 Å². The second-order valence-corrected chi connectivity index (χ2v) is 10.9. The standard InChI is InChI=1S/C27H32FN3O2.C5H10/c1-17(12-21-7-8-23(28)14-18(21)2)20(4)31-10-11-33-25-15-22(13-19(3)26(25)31)27(32)30-9-5-6-24(29)16-30;1-2-5-3-4-5/h7-8,12-15,24H,4-6,9-11,16,29H2,1-3H3;5H,2-4H2,1H3/b17-12+;. The fraction of sp³-hybridized carbons (Fsp3) is 0.469. The molecule has 6 heteroatoms. The minimum atomic E-state index is -0.240. The van der Waals surface area contributed by atoms with Gasteiger partial charge < -0.3 is 20.3 Å². The van der Waals surface area contributed by atoms with E-state index in [4.69, 9.17) is 10.5 Å². The van der Waals surface area contributed by atoms with Gasteiger partial charge in [-0.05, 0) is 92.1 Å². The van der Waals surface area contributed by atoms with Crippen LogP contribution in [-0.4, -0.2) is 43.1 Å². The average molecular weight is 520 g/mol. The van der Waals surface area contributed by atoms with Crippen LogP contribution in [0.3, 0.4) is 0 Å². The molecule has 5 nitrogen and oxygen atoms in total. The molecule has 3 aliphatic rings. The molecule has 0 spiro atoms. The highest BCUT2D eigenvalue weighted by atomic mass is 19.1. The highest BCUT2D eigenvalue weighted by molar-refractivity contribution is 5.96. The number of hydrogen-bond donors (Lipinski definition) is 1. The summed E-state index contributed by atoms with van der Waals surface area (Å²) in [6.07, 6.45) is 8.35. The molecule has 0 bridgehead atoms. The van der Waals surface area contributed by atoms with Gasteiger partial charge in [0.15, 0.2) is 0 Å². The van der Waals surface area contributed by atoms with Crippen molar-refractivity contribution in [2.45, 2.75) is 65.8 Å². The zero-order valence-corrected chi connectivity index (χ0v) is 23.4. The van der Waals surface area contributed by atoms with Crippen molar-refractivity contribution in [3.8, 4) is 5.75 Å². The van der Waals surface area contributed by atoms with Crippen LogP contribution in [0.25, 0.3) is 6.08 Å². The topological polar surface area (TPSA) is 58.8 Å². The lowest BCUT2D eigenvalue weighted by Gasteiger charge is -2.35. The molecule has 0 radical (unpaired) electrons. The normalized spacial score (nSPS) is 19.2. The average Bonchev–Trinajstić information content (AvgIpc) is 3.74. The first-order chi connectivity index (χ1) is 18.2. The summed E-state index contributed by atoms with van der Waals surface area (Å²) in [5.41, 5.74) is 12.3. The molecule has 38 heavy (non-hydrogen) atoms. The van der Waals surface area contributed by atoms with Gasteiger partial charge in [-0.25, -0.2) is 4.39 Å². The molecule has 1 unspecified atom stereocenters. The van der Waals surface area contributed by atoms with E-state index >= 15 is 0 Å². The molecule has 204 valence electrons. The Balaban J connectivity index is 0.000000603. The molecule has 1 amide bonds. The first kappa shape index (κ1) is 27.9. The molecular weight excluding hydrogens is 477 g/mol. The summed E-state index contributed by atoms with van der Waals surface area (Å²) in [6, 6.07) is 8.59. The number of carbonyl (C=O) groups is 1. The quantitative estimate of drug-likeness (QED) is 0.451. The summed E-state index contributed by atoms with van der Waals surface area (Å²) in [5.74, 6) is 1.59. The minimum absolute atomic E-state index is 0.00142. The number of benzene rings is 2. The monoisotopic (exact) mass is 519 g/mol. The largest absolute Gasteiger partial charge is 0.490 e. The first-order valence-corrected chi connectivity index (χ1v) is 13.9. The van der Waals surface area contributed by atoms with E-state index in [1.807, 2.05) is 43.9 Å². The zero-order valence-electron chi connectivity index (χ0n) is 23.4. The summed E-state index contributed by atoms with van der Waals surface area (Å²) < 4.78 is 19.5. The first-order valence-electron chi connectivity index (χ1n) is 13.9. The van der Waals surface area contributed by atoms with Crippen LogP contribution in [-0.2, 0) is 0 Å². The highest BCUT2D eigenvalue weighted by Gasteiger charge is 2.28. The van der Waals surface area contributed by atoms with Crippen molar-refractivity contribution in [3.63, 3.8) is 0 Å². The van der Waals surface area contributed by atoms with Crippen LogP contribution in [0.2, 0.25) is 0 Å². The number of halogens is 1. The van der Waals surface area contributed by atoms with Crippen molar-refractivity contribution in [1.29, 1.82) is 0 Å². The van der Waals surface area contributed by atoms with Gasteiger partial charge in [-0.15, -0.1) is 0 Å². The Labute approximate surface area is 227 Å². The van der Waals surface area contributed by atoms with Crippen molar-refractivity contribution < 1.29 is 13.9 Å². The van der Waals surface area contributed by atoms with E-state index in [9.17, 15) is 9.18 Å². The molecule has 1 atom stereocenters. The number of nitrogens with zero attached hydrogens (tertiary/aromatic N) is 2. The lowest BCUT2D eigenvalue weighted by atomic mass is 10.0. The SMILES string of the molecule is C=C(/C(C)=C/c1ccc(F)cc1C)N1CCOc2cc(C(=O)N3CCCC(N)C3)cc(C)c21.CCC1CC1. The number of anilines is 1.